The summed E-state index contributed by atoms with van der Waals surface area (Å²) in [5.74, 6) is 1.61. The predicted octanol–water partition coefficient (Wildman–Crippen LogP) is 4.23. The first-order chi connectivity index (χ1) is 11.3. The van der Waals surface area contributed by atoms with Crippen LogP contribution in [0, 0.1) is 11.8 Å². The molecule has 23 heavy (non-hydrogen) atoms. The van der Waals surface area contributed by atoms with Crippen LogP contribution in [-0.4, -0.2) is 18.9 Å². The van der Waals surface area contributed by atoms with Crippen molar-refractivity contribution in [2.75, 3.05) is 13.2 Å². The van der Waals surface area contributed by atoms with Crippen molar-refractivity contribution in [2.24, 2.45) is 0 Å². The van der Waals surface area contributed by atoms with Crippen molar-refractivity contribution in [3.05, 3.63) is 90.4 Å². The molecule has 1 N–H and O–H groups in total. The lowest BCUT2D eigenvalue weighted by Gasteiger charge is -2.11. The lowest BCUT2D eigenvalue weighted by molar-refractivity contribution is 0.351. The molecule has 0 fully saturated rings. The highest BCUT2D eigenvalue weighted by Crippen LogP contribution is 2.18. The predicted molar refractivity (Wildman–Crippen MR) is 92.1 cm³/mol. The van der Waals surface area contributed by atoms with Gasteiger partial charge in [-0.1, -0.05) is 36.4 Å². The molecule has 0 atom stereocenters. The fraction of sp³-hybridized carbons (Fsp3) is 0.100. The first-order valence-electron chi connectivity index (χ1n) is 7.51. The van der Waals surface area contributed by atoms with Crippen LogP contribution in [0.15, 0.2) is 84.0 Å². The molecular weight excluding hydrogens is 286 g/mol. The maximum Gasteiger partial charge on any atom is 0.178 e. The first kappa shape index (κ1) is 15.0. The van der Waals surface area contributed by atoms with Gasteiger partial charge in [-0.2, -0.15) is 0 Å². The SMILES string of the molecule is N=C1C(COc2ccccc2)=C[CH+]C=C1COc1ccccc1. The third-order valence-electron chi connectivity index (χ3n) is 3.51. The number of hydrogen-bond donors (Lipinski definition) is 1. The van der Waals surface area contributed by atoms with Crippen LogP contribution in [0.5, 0.6) is 11.5 Å². The monoisotopic (exact) mass is 304 g/mol. The molecule has 2 aromatic carbocycles. The Bertz CT molecular complexity index is 656. The molecule has 0 saturated heterocycles. The summed E-state index contributed by atoms with van der Waals surface area (Å²) in [7, 11) is 0. The van der Waals surface area contributed by atoms with Crippen molar-refractivity contribution in [3.8, 4) is 11.5 Å². The number of nitrogens with one attached hydrogen (secondary N) is 1. The topological polar surface area (TPSA) is 42.3 Å². The van der Waals surface area contributed by atoms with Gasteiger partial charge in [0.25, 0.3) is 0 Å². The second kappa shape index (κ2) is 7.36. The summed E-state index contributed by atoms with van der Waals surface area (Å²) >= 11 is 0. The normalized spacial score (nSPS) is 13.7. The van der Waals surface area contributed by atoms with E-state index in [4.69, 9.17) is 14.9 Å². The van der Waals surface area contributed by atoms with Gasteiger partial charge in [-0.05, 0) is 24.3 Å². The Labute approximate surface area is 136 Å². The van der Waals surface area contributed by atoms with Crippen molar-refractivity contribution in [2.45, 2.75) is 0 Å². The molecule has 0 aliphatic heterocycles. The molecule has 0 unspecified atom stereocenters. The van der Waals surface area contributed by atoms with Crippen molar-refractivity contribution < 1.29 is 9.47 Å². The summed E-state index contributed by atoms with van der Waals surface area (Å²) in [6.45, 7) is 0.754. The average Bonchev–Trinajstić information content (AvgIpc) is 2.61. The summed E-state index contributed by atoms with van der Waals surface area (Å²) in [6, 6.07) is 19.3. The lowest BCUT2D eigenvalue weighted by Crippen LogP contribution is -2.19. The van der Waals surface area contributed by atoms with Gasteiger partial charge >= 0.3 is 0 Å². The summed E-state index contributed by atoms with van der Waals surface area (Å²) in [5.41, 5.74) is 2.17. The molecule has 0 heterocycles. The van der Waals surface area contributed by atoms with Crippen LogP contribution in [0.1, 0.15) is 0 Å². The van der Waals surface area contributed by atoms with Crippen molar-refractivity contribution in [1.82, 2.24) is 0 Å². The molecule has 114 valence electrons. The number of allylic oxidation sites excluding steroid dienone is 2. The maximum atomic E-state index is 8.32. The van der Waals surface area contributed by atoms with Gasteiger partial charge in [0.15, 0.2) is 18.9 Å². The number of benzene rings is 2. The van der Waals surface area contributed by atoms with Crippen LogP contribution < -0.4 is 9.47 Å². The molecule has 0 amide bonds. The number of para-hydroxylation sites is 2. The zero-order chi connectivity index (χ0) is 15.9. The lowest BCUT2D eigenvalue weighted by atomic mass is 9.97. The molecule has 0 aromatic heterocycles. The van der Waals surface area contributed by atoms with Gasteiger partial charge in [0.2, 0.25) is 0 Å². The minimum absolute atomic E-state index is 0.377. The van der Waals surface area contributed by atoms with E-state index < -0.39 is 0 Å². The number of rotatable bonds is 6. The Morgan fingerprint density at radius 3 is 1.57 bits per heavy atom. The van der Waals surface area contributed by atoms with E-state index in [0.29, 0.717) is 18.9 Å². The zero-order valence-electron chi connectivity index (χ0n) is 12.7. The second-order valence-electron chi connectivity index (χ2n) is 5.15. The number of ether oxygens (including phenoxy) is 2. The summed E-state index contributed by atoms with van der Waals surface area (Å²) in [4.78, 5) is 0. The van der Waals surface area contributed by atoms with Gasteiger partial charge < -0.3 is 9.47 Å². The summed E-state index contributed by atoms with van der Waals surface area (Å²) in [6.07, 6.45) is 5.76. The zero-order valence-corrected chi connectivity index (χ0v) is 12.7. The van der Waals surface area contributed by atoms with Crippen LogP contribution >= 0.6 is 0 Å². The molecule has 1 aliphatic carbocycles. The molecule has 3 heteroatoms. The standard InChI is InChI=1S/C20H18NO2/c21-20-16(14-22-18-10-3-1-4-11-18)8-7-9-17(20)15-23-19-12-5-2-6-13-19/h1-13,21H,14-15H2/q+1. The van der Waals surface area contributed by atoms with Gasteiger partial charge in [-0.3, -0.25) is 5.41 Å². The third kappa shape index (κ3) is 4.04. The number of hydrogen-bond acceptors (Lipinski definition) is 3. The molecule has 3 rings (SSSR count). The van der Waals surface area contributed by atoms with E-state index >= 15 is 0 Å². The van der Waals surface area contributed by atoms with E-state index in [1.165, 1.54) is 0 Å². The Morgan fingerprint density at radius 2 is 1.13 bits per heavy atom. The highest BCUT2D eigenvalue weighted by Gasteiger charge is 2.24. The highest BCUT2D eigenvalue weighted by molar-refractivity contribution is 6.12. The fourth-order valence-corrected chi connectivity index (χ4v) is 2.25. The third-order valence-corrected chi connectivity index (χ3v) is 3.51. The Morgan fingerprint density at radius 1 is 0.696 bits per heavy atom. The van der Waals surface area contributed by atoms with Crippen molar-refractivity contribution in [3.63, 3.8) is 0 Å². The van der Waals surface area contributed by atoms with Crippen molar-refractivity contribution >= 4 is 5.71 Å². The molecule has 0 radical (unpaired) electrons. The molecule has 1 aliphatic rings. The fourth-order valence-electron chi connectivity index (χ4n) is 2.25. The summed E-state index contributed by atoms with van der Waals surface area (Å²) in [5, 5.41) is 8.32. The molecule has 0 bridgehead atoms. The minimum atomic E-state index is 0.377. The van der Waals surface area contributed by atoms with Crippen LogP contribution in [-0.2, 0) is 0 Å². The van der Waals surface area contributed by atoms with E-state index in [1.54, 1.807) is 0 Å². The quantitative estimate of drug-likeness (QED) is 0.811. The van der Waals surface area contributed by atoms with Crippen molar-refractivity contribution in [1.29, 1.82) is 5.41 Å². The van der Waals surface area contributed by atoms with Gasteiger partial charge in [0.1, 0.15) is 22.6 Å². The van der Waals surface area contributed by atoms with Crippen LogP contribution in [0.25, 0.3) is 0 Å². The van der Waals surface area contributed by atoms with E-state index in [1.807, 2.05) is 79.2 Å². The van der Waals surface area contributed by atoms with Gasteiger partial charge in [0, 0.05) is 6.42 Å². The van der Waals surface area contributed by atoms with E-state index in [-0.39, 0.29) is 0 Å². The molecule has 0 saturated carbocycles. The Hall–Kier alpha value is -2.94. The largest absolute Gasteiger partial charge is 0.475 e. The van der Waals surface area contributed by atoms with E-state index in [0.717, 1.165) is 22.6 Å². The van der Waals surface area contributed by atoms with E-state index in [2.05, 4.69) is 0 Å². The Kier molecular flexibility index (Phi) is 4.79. The second-order valence-corrected chi connectivity index (χ2v) is 5.15. The van der Waals surface area contributed by atoms with Crippen LogP contribution in [0.4, 0.5) is 0 Å². The van der Waals surface area contributed by atoms with E-state index in [9.17, 15) is 0 Å². The molecule has 2 aromatic rings. The molecule has 3 nitrogen and oxygen atoms in total. The molecule has 0 spiro atoms. The summed E-state index contributed by atoms with van der Waals surface area (Å²) < 4.78 is 11.5. The Balaban J connectivity index is 1.56. The first-order valence-corrected chi connectivity index (χ1v) is 7.51. The smallest absolute Gasteiger partial charge is 0.178 e. The maximum absolute atomic E-state index is 8.32. The minimum Gasteiger partial charge on any atom is -0.475 e. The molecular formula is C20H18NO2+. The van der Waals surface area contributed by atoms with Gasteiger partial charge in [-0.25, -0.2) is 0 Å². The van der Waals surface area contributed by atoms with Crippen LogP contribution in [0.2, 0.25) is 0 Å². The van der Waals surface area contributed by atoms with Gasteiger partial charge in [-0.15, -0.1) is 0 Å². The highest BCUT2D eigenvalue weighted by atomic mass is 16.5. The average molecular weight is 304 g/mol. The van der Waals surface area contributed by atoms with Gasteiger partial charge in [0.05, 0.1) is 12.2 Å². The van der Waals surface area contributed by atoms with Crippen LogP contribution in [0.3, 0.4) is 0 Å².